The summed E-state index contributed by atoms with van der Waals surface area (Å²) in [4.78, 5) is 18.7. The quantitative estimate of drug-likeness (QED) is 0.933. The summed E-state index contributed by atoms with van der Waals surface area (Å²) in [6, 6.07) is 7.89. The van der Waals surface area contributed by atoms with E-state index in [-0.39, 0.29) is 11.9 Å². The molecule has 0 aliphatic carbocycles. The van der Waals surface area contributed by atoms with Crippen LogP contribution in [0.25, 0.3) is 10.2 Å². The van der Waals surface area contributed by atoms with Crippen LogP contribution in [0.5, 0.6) is 0 Å². The molecule has 1 saturated heterocycles. The maximum absolute atomic E-state index is 12.3. The van der Waals surface area contributed by atoms with Crippen molar-refractivity contribution >= 4 is 27.5 Å². The lowest BCUT2D eigenvalue weighted by molar-refractivity contribution is -0.137. The van der Waals surface area contributed by atoms with Crippen molar-refractivity contribution in [3.8, 4) is 0 Å². The highest BCUT2D eigenvalue weighted by atomic mass is 32.1. The average molecular weight is 305 g/mol. The molecule has 1 aromatic carbocycles. The van der Waals surface area contributed by atoms with Crippen LogP contribution in [-0.4, -0.2) is 48.1 Å². The molecule has 3 rings (SSSR count). The molecule has 0 radical (unpaired) electrons. The lowest BCUT2D eigenvalue weighted by atomic mass is 10.2. The minimum absolute atomic E-state index is 0.138. The largest absolute Gasteiger partial charge is 0.378 e. The van der Waals surface area contributed by atoms with Crippen molar-refractivity contribution in [1.29, 1.82) is 0 Å². The molecule has 1 fully saturated rings. The molecule has 1 aromatic heterocycles. The van der Waals surface area contributed by atoms with Crippen molar-refractivity contribution in [1.82, 2.24) is 15.2 Å². The maximum atomic E-state index is 12.3. The molecule has 0 bridgehead atoms. The average Bonchev–Trinajstić information content (AvgIpc) is 2.95. The molecule has 5 nitrogen and oxygen atoms in total. The topological polar surface area (TPSA) is 54.5 Å². The van der Waals surface area contributed by atoms with E-state index in [1.807, 2.05) is 30.0 Å². The normalized spacial score (nSPS) is 17.1. The van der Waals surface area contributed by atoms with Crippen LogP contribution in [0.2, 0.25) is 0 Å². The van der Waals surface area contributed by atoms with Crippen molar-refractivity contribution in [2.45, 2.75) is 19.5 Å². The van der Waals surface area contributed by atoms with E-state index in [1.165, 1.54) is 4.70 Å². The highest BCUT2D eigenvalue weighted by Crippen LogP contribution is 2.21. The molecule has 21 heavy (non-hydrogen) atoms. The van der Waals surface area contributed by atoms with Crippen molar-refractivity contribution in [2.24, 2.45) is 0 Å². The van der Waals surface area contributed by atoms with Gasteiger partial charge in [-0.1, -0.05) is 12.1 Å². The molecule has 2 aromatic rings. The Kier molecular flexibility index (Phi) is 4.48. The first kappa shape index (κ1) is 14.4. The fourth-order valence-electron chi connectivity index (χ4n) is 2.38. The zero-order chi connectivity index (χ0) is 14.7. The Bertz CT molecular complexity index is 589. The minimum atomic E-state index is -0.199. The van der Waals surface area contributed by atoms with Crippen LogP contribution in [-0.2, 0) is 16.1 Å². The first-order valence-corrected chi connectivity index (χ1v) is 8.00. The zero-order valence-corrected chi connectivity index (χ0v) is 12.9. The van der Waals surface area contributed by atoms with Crippen LogP contribution < -0.4 is 5.32 Å². The van der Waals surface area contributed by atoms with Crippen molar-refractivity contribution in [2.75, 3.05) is 26.3 Å². The molecular formula is C15H19N3O2S. The number of morpholine rings is 1. The van der Waals surface area contributed by atoms with E-state index >= 15 is 0 Å². The number of fused-ring (bicyclic) bond motifs is 1. The molecule has 1 unspecified atom stereocenters. The van der Waals surface area contributed by atoms with Gasteiger partial charge in [0.05, 0.1) is 29.5 Å². The summed E-state index contributed by atoms with van der Waals surface area (Å²) >= 11 is 1.67. The number of nitrogens with one attached hydrogen (secondary N) is 1. The Hall–Kier alpha value is -1.50. The van der Waals surface area contributed by atoms with Crippen LogP contribution in [0.4, 0.5) is 0 Å². The van der Waals surface area contributed by atoms with E-state index in [9.17, 15) is 4.79 Å². The molecule has 0 saturated carbocycles. The highest BCUT2D eigenvalue weighted by molar-refractivity contribution is 7.18. The Labute approximate surface area is 127 Å². The van der Waals surface area contributed by atoms with Gasteiger partial charge in [-0.05, 0) is 19.1 Å². The van der Waals surface area contributed by atoms with Gasteiger partial charge in [0.15, 0.2) is 0 Å². The van der Waals surface area contributed by atoms with Crippen LogP contribution in [0.3, 0.4) is 0 Å². The summed E-state index contributed by atoms with van der Waals surface area (Å²) in [7, 11) is 0. The number of carbonyl (C=O) groups excluding carboxylic acids is 1. The summed E-state index contributed by atoms with van der Waals surface area (Å²) in [6.45, 7) is 5.17. The Morgan fingerprint density at radius 3 is 2.95 bits per heavy atom. The van der Waals surface area contributed by atoms with Crippen LogP contribution in [0, 0.1) is 0 Å². The number of thiazole rings is 1. The van der Waals surface area contributed by atoms with Gasteiger partial charge in [-0.2, -0.15) is 0 Å². The second kappa shape index (κ2) is 6.51. The number of benzene rings is 1. The first-order valence-electron chi connectivity index (χ1n) is 7.18. The van der Waals surface area contributed by atoms with Crippen molar-refractivity contribution in [3.05, 3.63) is 29.3 Å². The smallest absolute Gasteiger partial charge is 0.239 e. The molecule has 1 aliphatic rings. The summed E-state index contributed by atoms with van der Waals surface area (Å²) in [6.07, 6.45) is 0. The number of aromatic nitrogens is 1. The van der Waals surface area contributed by atoms with Gasteiger partial charge < -0.3 is 9.64 Å². The molecule has 0 spiro atoms. The van der Waals surface area contributed by atoms with Gasteiger partial charge in [-0.3, -0.25) is 10.1 Å². The third-order valence-corrected chi connectivity index (χ3v) is 4.63. The summed E-state index contributed by atoms with van der Waals surface area (Å²) in [5, 5.41) is 4.28. The first-order chi connectivity index (χ1) is 10.2. The number of hydrogen-bond acceptors (Lipinski definition) is 5. The van der Waals surface area contributed by atoms with Crippen molar-refractivity contribution in [3.63, 3.8) is 0 Å². The molecule has 1 aliphatic heterocycles. The fourth-order valence-corrected chi connectivity index (χ4v) is 3.30. The van der Waals surface area contributed by atoms with E-state index in [0.29, 0.717) is 32.8 Å². The maximum Gasteiger partial charge on any atom is 0.239 e. The third kappa shape index (κ3) is 3.40. The highest BCUT2D eigenvalue weighted by Gasteiger charge is 2.22. The number of amides is 1. The number of para-hydroxylation sites is 1. The second-order valence-corrected chi connectivity index (χ2v) is 6.23. The van der Waals surface area contributed by atoms with Gasteiger partial charge in [0, 0.05) is 19.6 Å². The van der Waals surface area contributed by atoms with Crippen LogP contribution in [0.15, 0.2) is 24.3 Å². The molecular weight excluding hydrogens is 286 g/mol. The summed E-state index contributed by atoms with van der Waals surface area (Å²) in [5.41, 5.74) is 1.02. The van der Waals surface area contributed by atoms with Gasteiger partial charge in [0.2, 0.25) is 5.91 Å². The van der Waals surface area contributed by atoms with Gasteiger partial charge in [0.25, 0.3) is 0 Å². The number of nitrogens with zero attached hydrogens (tertiary/aromatic N) is 2. The number of ether oxygens (including phenoxy) is 1. The van der Waals surface area contributed by atoms with E-state index in [2.05, 4.69) is 16.4 Å². The fraction of sp³-hybridized carbons (Fsp3) is 0.467. The standard InChI is InChI=1S/C15H19N3O2S/c1-11(15(19)18-6-8-20-9-7-18)16-10-14-17-12-4-2-3-5-13(12)21-14/h2-5,11,16H,6-10H2,1H3. The van der Waals surface area contributed by atoms with Gasteiger partial charge in [-0.15, -0.1) is 11.3 Å². The monoisotopic (exact) mass is 305 g/mol. The summed E-state index contributed by atoms with van der Waals surface area (Å²) in [5.74, 6) is 0.138. The Morgan fingerprint density at radius 2 is 2.19 bits per heavy atom. The summed E-state index contributed by atoms with van der Waals surface area (Å²) < 4.78 is 6.45. The second-order valence-electron chi connectivity index (χ2n) is 5.12. The van der Waals surface area contributed by atoms with Gasteiger partial charge in [-0.25, -0.2) is 4.98 Å². The van der Waals surface area contributed by atoms with E-state index in [0.717, 1.165) is 10.5 Å². The van der Waals surface area contributed by atoms with E-state index in [1.54, 1.807) is 11.3 Å². The van der Waals surface area contributed by atoms with Crippen molar-refractivity contribution < 1.29 is 9.53 Å². The molecule has 2 heterocycles. The molecule has 1 amide bonds. The predicted octanol–water partition coefficient (Wildman–Crippen LogP) is 1.63. The zero-order valence-electron chi connectivity index (χ0n) is 12.0. The molecule has 112 valence electrons. The predicted molar refractivity (Wildman–Crippen MR) is 83.3 cm³/mol. The number of hydrogen-bond donors (Lipinski definition) is 1. The minimum Gasteiger partial charge on any atom is -0.378 e. The van der Waals surface area contributed by atoms with Gasteiger partial charge >= 0.3 is 0 Å². The number of carbonyl (C=O) groups is 1. The van der Waals surface area contributed by atoms with Crippen LogP contribution >= 0.6 is 11.3 Å². The Morgan fingerprint density at radius 1 is 1.43 bits per heavy atom. The third-order valence-electron chi connectivity index (χ3n) is 3.59. The molecule has 1 atom stereocenters. The van der Waals surface area contributed by atoms with E-state index < -0.39 is 0 Å². The number of rotatable bonds is 4. The van der Waals surface area contributed by atoms with Crippen LogP contribution in [0.1, 0.15) is 11.9 Å². The van der Waals surface area contributed by atoms with Gasteiger partial charge in [0.1, 0.15) is 5.01 Å². The lowest BCUT2D eigenvalue weighted by Crippen LogP contribution is -2.49. The Balaban J connectivity index is 1.57. The lowest BCUT2D eigenvalue weighted by Gasteiger charge is -2.29. The van der Waals surface area contributed by atoms with E-state index in [4.69, 9.17) is 4.74 Å². The SMILES string of the molecule is CC(NCc1nc2ccccc2s1)C(=O)N1CCOCC1. The molecule has 6 heteroatoms. The molecule has 1 N–H and O–H groups in total.